The van der Waals surface area contributed by atoms with Crippen molar-refractivity contribution in [2.45, 2.75) is 26.1 Å². The Kier molecular flexibility index (Phi) is 4.83. The first-order valence-electron chi connectivity index (χ1n) is 6.43. The molecule has 1 aromatic carbocycles. The fourth-order valence-electron chi connectivity index (χ4n) is 2.12. The summed E-state index contributed by atoms with van der Waals surface area (Å²) in [7, 11) is 0. The van der Waals surface area contributed by atoms with Crippen LogP contribution in [0.1, 0.15) is 18.1 Å². The molecule has 0 atom stereocenters. The Bertz CT molecular complexity index is 546. The Hall–Kier alpha value is -1.33. The van der Waals surface area contributed by atoms with Gasteiger partial charge in [-0.1, -0.05) is 37.3 Å². The van der Waals surface area contributed by atoms with Gasteiger partial charge >= 0.3 is 6.18 Å². The Balaban J connectivity index is 2.14. The standard InChI is InChI=1S/C15H16F3NS/c1-2-13-12(8-19-10-15(16,17)18)9-20-14(13)11-6-4-3-5-7-11/h3-7,9,19H,2,8,10H2,1H3. The topological polar surface area (TPSA) is 12.0 Å². The third-order valence-electron chi connectivity index (χ3n) is 3.01. The fourth-order valence-corrected chi connectivity index (χ4v) is 3.30. The average Bonchev–Trinajstić information content (AvgIpc) is 2.81. The minimum absolute atomic E-state index is 0.256. The summed E-state index contributed by atoms with van der Waals surface area (Å²) in [6, 6.07) is 9.94. The van der Waals surface area contributed by atoms with Gasteiger partial charge in [-0.2, -0.15) is 13.2 Å². The summed E-state index contributed by atoms with van der Waals surface area (Å²) in [6.07, 6.45) is -3.35. The van der Waals surface area contributed by atoms with Crippen molar-refractivity contribution in [2.75, 3.05) is 6.54 Å². The molecule has 0 aliphatic rings. The molecule has 20 heavy (non-hydrogen) atoms. The summed E-state index contributed by atoms with van der Waals surface area (Å²) in [6.45, 7) is 1.33. The average molecular weight is 299 g/mol. The van der Waals surface area contributed by atoms with E-state index in [1.54, 1.807) is 11.3 Å². The molecule has 1 aromatic heterocycles. The molecule has 2 aromatic rings. The van der Waals surface area contributed by atoms with Gasteiger partial charge in [0.15, 0.2) is 0 Å². The molecule has 0 saturated carbocycles. The molecule has 0 radical (unpaired) electrons. The van der Waals surface area contributed by atoms with Gasteiger partial charge in [0.2, 0.25) is 0 Å². The molecule has 108 valence electrons. The minimum Gasteiger partial charge on any atom is -0.305 e. The minimum atomic E-state index is -4.16. The number of benzene rings is 1. The maximum atomic E-state index is 12.2. The molecule has 1 nitrogen and oxygen atoms in total. The first-order chi connectivity index (χ1) is 9.51. The van der Waals surface area contributed by atoms with Gasteiger partial charge in [0.1, 0.15) is 0 Å². The highest BCUT2D eigenvalue weighted by Gasteiger charge is 2.26. The van der Waals surface area contributed by atoms with Gasteiger partial charge in [0.05, 0.1) is 6.54 Å². The zero-order valence-corrected chi connectivity index (χ0v) is 11.9. The van der Waals surface area contributed by atoms with Gasteiger partial charge in [-0.25, -0.2) is 0 Å². The van der Waals surface area contributed by atoms with Gasteiger partial charge in [-0.15, -0.1) is 11.3 Å². The van der Waals surface area contributed by atoms with Crippen molar-refractivity contribution in [3.63, 3.8) is 0 Å². The zero-order valence-electron chi connectivity index (χ0n) is 11.1. The monoisotopic (exact) mass is 299 g/mol. The molecule has 0 fully saturated rings. The Morgan fingerprint density at radius 1 is 1.15 bits per heavy atom. The molecule has 0 aliphatic heterocycles. The van der Waals surface area contributed by atoms with E-state index in [2.05, 4.69) is 5.32 Å². The van der Waals surface area contributed by atoms with Crippen LogP contribution >= 0.6 is 11.3 Å². The van der Waals surface area contributed by atoms with E-state index in [1.807, 2.05) is 42.6 Å². The molecule has 0 spiro atoms. The molecule has 2 rings (SSSR count). The zero-order chi connectivity index (χ0) is 14.6. The third kappa shape index (κ3) is 3.84. The predicted octanol–water partition coefficient (Wildman–Crippen LogP) is 4.63. The molecular weight excluding hydrogens is 283 g/mol. The number of nitrogens with one attached hydrogen (secondary N) is 1. The van der Waals surface area contributed by atoms with Crippen LogP contribution in [-0.2, 0) is 13.0 Å². The van der Waals surface area contributed by atoms with Crippen LogP contribution in [0.4, 0.5) is 13.2 Å². The van der Waals surface area contributed by atoms with E-state index in [9.17, 15) is 13.2 Å². The number of hydrogen-bond donors (Lipinski definition) is 1. The van der Waals surface area contributed by atoms with Crippen molar-refractivity contribution >= 4 is 11.3 Å². The number of thiophene rings is 1. The van der Waals surface area contributed by atoms with E-state index in [0.29, 0.717) is 0 Å². The maximum absolute atomic E-state index is 12.2. The van der Waals surface area contributed by atoms with Crippen LogP contribution in [0, 0.1) is 0 Å². The van der Waals surface area contributed by atoms with E-state index < -0.39 is 12.7 Å². The van der Waals surface area contributed by atoms with Gasteiger partial charge in [0.25, 0.3) is 0 Å². The highest BCUT2D eigenvalue weighted by atomic mass is 32.1. The molecule has 0 amide bonds. The normalized spacial score (nSPS) is 11.8. The van der Waals surface area contributed by atoms with Crippen LogP contribution in [0.15, 0.2) is 35.7 Å². The van der Waals surface area contributed by atoms with Crippen LogP contribution in [0.25, 0.3) is 10.4 Å². The first kappa shape index (κ1) is 15.1. The van der Waals surface area contributed by atoms with Crippen molar-refractivity contribution in [1.82, 2.24) is 5.32 Å². The first-order valence-corrected chi connectivity index (χ1v) is 7.31. The van der Waals surface area contributed by atoms with Gasteiger partial charge in [-0.3, -0.25) is 0 Å². The van der Waals surface area contributed by atoms with E-state index in [1.165, 1.54) is 0 Å². The lowest BCUT2D eigenvalue weighted by Gasteiger charge is -2.09. The summed E-state index contributed by atoms with van der Waals surface area (Å²) in [5, 5.41) is 4.41. The molecule has 0 unspecified atom stereocenters. The summed E-state index contributed by atoms with van der Waals surface area (Å²) < 4.78 is 36.5. The van der Waals surface area contributed by atoms with Crippen molar-refractivity contribution in [1.29, 1.82) is 0 Å². The Labute approximate surface area is 120 Å². The number of rotatable bonds is 5. The molecule has 0 saturated heterocycles. The Morgan fingerprint density at radius 3 is 2.45 bits per heavy atom. The highest BCUT2D eigenvalue weighted by Crippen LogP contribution is 2.33. The van der Waals surface area contributed by atoms with Crippen LogP contribution in [0.5, 0.6) is 0 Å². The van der Waals surface area contributed by atoms with Crippen LogP contribution in [0.3, 0.4) is 0 Å². The third-order valence-corrected chi connectivity index (χ3v) is 4.13. The van der Waals surface area contributed by atoms with Crippen LogP contribution in [0.2, 0.25) is 0 Å². The lowest BCUT2D eigenvalue weighted by atomic mass is 10.0. The second kappa shape index (κ2) is 6.41. The highest BCUT2D eigenvalue weighted by molar-refractivity contribution is 7.14. The van der Waals surface area contributed by atoms with Gasteiger partial charge in [-0.05, 0) is 28.5 Å². The van der Waals surface area contributed by atoms with Crippen molar-refractivity contribution < 1.29 is 13.2 Å². The SMILES string of the molecule is CCc1c(CNCC(F)(F)F)csc1-c1ccccc1. The summed E-state index contributed by atoms with van der Waals surface area (Å²) in [4.78, 5) is 1.15. The van der Waals surface area contributed by atoms with E-state index in [-0.39, 0.29) is 6.54 Å². The molecule has 1 N–H and O–H groups in total. The second-order valence-corrected chi connectivity index (χ2v) is 5.39. The number of halogens is 3. The largest absolute Gasteiger partial charge is 0.401 e. The van der Waals surface area contributed by atoms with Crippen LogP contribution in [-0.4, -0.2) is 12.7 Å². The smallest absolute Gasteiger partial charge is 0.305 e. The molecular formula is C15H16F3NS. The van der Waals surface area contributed by atoms with Crippen molar-refractivity contribution in [2.24, 2.45) is 0 Å². The number of hydrogen-bond acceptors (Lipinski definition) is 2. The Morgan fingerprint density at radius 2 is 1.85 bits per heavy atom. The molecule has 1 heterocycles. The van der Waals surface area contributed by atoms with Gasteiger partial charge < -0.3 is 5.32 Å². The van der Waals surface area contributed by atoms with Gasteiger partial charge in [0, 0.05) is 11.4 Å². The lowest BCUT2D eigenvalue weighted by Crippen LogP contribution is -2.28. The molecule has 0 bridgehead atoms. The quantitative estimate of drug-likeness (QED) is 0.849. The second-order valence-electron chi connectivity index (χ2n) is 4.51. The van der Waals surface area contributed by atoms with E-state index in [0.717, 1.165) is 28.0 Å². The predicted molar refractivity (Wildman–Crippen MR) is 76.9 cm³/mol. The van der Waals surface area contributed by atoms with E-state index >= 15 is 0 Å². The number of alkyl halides is 3. The van der Waals surface area contributed by atoms with Crippen LogP contribution < -0.4 is 5.32 Å². The molecule has 5 heteroatoms. The van der Waals surface area contributed by atoms with E-state index in [4.69, 9.17) is 0 Å². The lowest BCUT2D eigenvalue weighted by molar-refractivity contribution is -0.125. The van der Waals surface area contributed by atoms with Crippen molar-refractivity contribution in [3.8, 4) is 10.4 Å². The maximum Gasteiger partial charge on any atom is 0.401 e. The summed E-state index contributed by atoms with van der Waals surface area (Å²) in [5.41, 5.74) is 3.22. The fraction of sp³-hybridized carbons (Fsp3) is 0.333. The van der Waals surface area contributed by atoms with Crippen molar-refractivity contribution in [3.05, 3.63) is 46.8 Å². The summed E-state index contributed by atoms with van der Waals surface area (Å²) >= 11 is 1.59. The molecule has 0 aliphatic carbocycles. The summed E-state index contributed by atoms with van der Waals surface area (Å²) in [5.74, 6) is 0.